The van der Waals surface area contributed by atoms with Crippen molar-refractivity contribution in [3.8, 4) is 17.1 Å². The maximum absolute atomic E-state index is 12.5. The highest BCUT2D eigenvalue weighted by atomic mass is 35.5. The smallest absolute Gasteiger partial charge is 0.258 e. The Bertz CT molecular complexity index is 1150. The first-order chi connectivity index (χ1) is 16.9. The Balaban J connectivity index is 1.39. The normalized spacial score (nSPS) is 14.6. The molecule has 1 aliphatic rings. The molecule has 1 aromatic heterocycles. The Morgan fingerprint density at radius 3 is 2.51 bits per heavy atom. The van der Waals surface area contributed by atoms with Crippen LogP contribution in [0.1, 0.15) is 48.2 Å². The van der Waals surface area contributed by atoms with Crippen LogP contribution in [0.2, 0.25) is 10.0 Å². The number of ether oxygens (including phenoxy) is 1. The van der Waals surface area contributed by atoms with Gasteiger partial charge in [0, 0.05) is 33.3 Å². The molecule has 0 radical (unpaired) electrons. The molecule has 2 heterocycles. The number of hydrogen-bond donors (Lipinski definition) is 2. The van der Waals surface area contributed by atoms with E-state index >= 15 is 0 Å². The third-order valence-electron chi connectivity index (χ3n) is 6.04. The van der Waals surface area contributed by atoms with Crippen LogP contribution in [-0.4, -0.2) is 47.0 Å². The quantitative estimate of drug-likeness (QED) is 0.372. The maximum Gasteiger partial charge on any atom is 0.258 e. The van der Waals surface area contributed by atoms with Crippen LogP contribution in [0.25, 0.3) is 11.3 Å². The molecule has 184 valence electrons. The topological polar surface area (TPSA) is 93.4 Å². The van der Waals surface area contributed by atoms with Crippen molar-refractivity contribution < 1.29 is 9.53 Å². The fourth-order valence-corrected chi connectivity index (χ4v) is 4.84. The summed E-state index contributed by atoms with van der Waals surface area (Å²) in [7, 11) is 0. The number of nitrogen functional groups attached to an aromatic ring is 1. The van der Waals surface area contributed by atoms with Crippen LogP contribution in [0.5, 0.6) is 5.88 Å². The van der Waals surface area contributed by atoms with Gasteiger partial charge < -0.3 is 20.7 Å². The zero-order valence-corrected chi connectivity index (χ0v) is 21.1. The molecule has 3 aromatic rings. The molecule has 0 spiro atoms. The average Bonchev–Trinajstić information content (AvgIpc) is 3.37. The summed E-state index contributed by atoms with van der Waals surface area (Å²) < 4.78 is 5.97. The van der Waals surface area contributed by atoms with E-state index in [2.05, 4.69) is 20.2 Å². The molecule has 7 nitrogen and oxygen atoms in total. The minimum absolute atomic E-state index is 0.0872. The van der Waals surface area contributed by atoms with Gasteiger partial charge >= 0.3 is 0 Å². The summed E-state index contributed by atoms with van der Waals surface area (Å²) in [6.07, 6.45) is 4.59. The molecule has 35 heavy (non-hydrogen) atoms. The highest BCUT2D eigenvalue weighted by molar-refractivity contribution is 6.36. The van der Waals surface area contributed by atoms with Crippen molar-refractivity contribution in [3.05, 3.63) is 69.8 Å². The number of nitrogens with two attached hydrogens (primary N) is 1. The summed E-state index contributed by atoms with van der Waals surface area (Å²) in [4.78, 5) is 23.7. The molecular formula is C26H29Cl2N5O2. The van der Waals surface area contributed by atoms with Gasteiger partial charge in [0.15, 0.2) is 5.82 Å². The molecule has 1 fully saturated rings. The predicted molar refractivity (Wildman–Crippen MR) is 140 cm³/mol. The third-order valence-corrected chi connectivity index (χ3v) is 6.70. The van der Waals surface area contributed by atoms with E-state index in [0.29, 0.717) is 33.4 Å². The molecule has 0 aliphatic carbocycles. The fraction of sp³-hybridized carbons (Fsp3) is 0.346. The first-order valence-corrected chi connectivity index (χ1v) is 12.5. The van der Waals surface area contributed by atoms with Crippen molar-refractivity contribution >= 4 is 34.9 Å². The Labute approximate surface area is 215 Å². The Morgan fingerprint density at radius 1 is 1.14 bits per heavy atom. The van der Waals surface area contributed by atoms with Crippen LogP contribution >= 0.6 is 23.2 Å². The van der Waals surface area contributed by atoms with E-state index in [1.165, 1.54) is 25.9 Å². The molecule has 3 N–H and O–H groups in total. The number of nitrogens with one attached hydrogen (secondary N) is 1. The van der Waals surface area contributed by atoms with Crippen LogP contribution in [0.3, 0.4) is 0 Å². The number of nitrogens with zero attached hydrogens (tertiary/aromatic N) is 3. The van der Waals surface area contributed by atoms with Crippen LogP contribution in [0.4, 0.5) is 5.82 Å². The van der Waals surface area contributed by atoms with Gasteiger partial charge in [-0.25, -0.2) is 9.97 Å². The number of carbonyl (C=O) groups excluding carboxylic acids is 1. The number of hydrogen-bond acceptors (Lipinski definition) is 6. The number of halogens is 2. The van der Waals surface area contributed by atoms with Gasteiger partial charge in [0.05, 0.1) is 11.9 Å². The standard InChI is InChI=1S/C26H29Cl2N5O2/c1-17(23-20(27)6-4-7-21(23)28)35-26-24(29)31-16-22(32-26)18-8-10-19(11-9-18)25(34)30-12-5-15-33-13-2-3-14-33/h4,6-11,16-17H,2-3,5,12-15H2,1H3,(H2,29,31)(H,30,34). The Morgan fingerprint density at radius 2 is 1.83 bits per heavy atom. The van der Waals surface area contributed by atoms with Gasteiger partial charge in [0.2, 0.25) is 0 Å². The van der Waals surface area contributed by atoms with Gasteiger partial charge in [-0.2, -0.15) is 0 Å². The number of benzene rings is 2. The number of aromatic nitrogens is 2. The average molecular weight is 514 g/mol. The van der Waals surface area contributed by atoms with Crippen LogP contribution in [0, 0.1) is 0 Å². The lowest BCUT2D eigenvalue weighted by Gasteiger charge is -2.18. The number of carbonyl (C=O) groups is 1. The van der Waals surface area contributed by atoms with Gasteiger partial charge in [-0.15, -0.1) is 0 Å². The van der Waals surface area contributed by atoms with Gasteiger partial charge in [-0.1, -0.05) is 41.4 Å². The van der Waals surface area contributed by atoms with Gasteiger partial charge in [-0.3, -0.25) is 4.79 Å². The Hall–Kier alpha value is -2.87. The van der Waals surface area contributed by atoms with Crippen LogP contribution < -0.4 is 15.8 Å². The Kier molecular flexibility index (Phi) is 8.44. The fourth-order valence-electron chi connectivity index (χ4n) is 4.14. The van der Waals surface area contributed by atoms with Crippen molar-refractivity contribution in [2.24, 2.45) is 0 Å². The van der Waals surface area contributed by atoms with Crippen LogP contribution in [0.15, 0.2) is 48.7 Å². The number of rotatable bonds is 9. The summed E-state index contributed by atoms with van der Waals surface area (Å²) in [5.74, 6) is 0.260. The molecule has 1 amide bonds. The van der Waals surface area contributed by atoms with E-state index < -0.39 is 6.10 Å². The lowest BCUT2D eigenvalue weighted by Crippen LogP contribution is -2.28. The second-order valence-corrected chi connectivity index (χ2v) is 9.39. The van der Waals surface area contributed by atoms with Crippen molar-refractivity contribution in [2.75, 3.05) is 31.9 Å². The molecular weight excluding hydrogens is 485 g/mol. The van der Waals surface area contributed by atoms with Gasteiger partial charge in [-0.05, 0) is 70.1 Å². The monoisotopic (exact) mass is 513 g/mol. The highest BCUT2D eigenvalue weighted by Crippen LogP contribution is 2.34. The first kappa shape index (κ1) is 25.2. The molecule has 4 rings (SSSR count). The zero-order valence-electron chi connectivity index (χ0n) is 19.6. The largest absolute Gasteiger partial charge is 0.467 e. The number of anilines is 1. The lowest BCUT2D eigenvalue weighted by atomic mass is 10.1. The van der Waals surface area contributed by atoms with Gasteiger partial charge in [0.25, 0.3) is 11.8 Å². The summed E-state index contributed by atoms with van der Waals surface area (Å²) in [5.41, 5.74) is 8.62. The molecule has 1 unspecified atom stereocenters. The number of likely N-dealkylation sites (tertiary alicyclic amines) is 1. The summed E-state index contributed by atoms with van der Waals surface area (Å²) in [6.45, 7) is 5.85. The molecule has 9 heteroatoms. The second-order valence-electron chi connectivity index (χ2n) is 8.58. The van der Waals surface area contributed by atoms with Crippen molar-refractivity contribution in [1.82, 2.24) is 20.2 Å². The minimum Gasteiger partial charge on any atom is -0.467 e. The first-order valence-electron chi connectivity index (χ1n) is 11.8. The summed E-state index contributed by atoms with van der Waals surface area (Å²) in [5, 5.41) is 3.99. The van der Waals surface area contributed by atoms with Gasteiger partial charge in [0.1, 0.15) is 6.10 Å². The number of amides is 1. The SMILES string of the molecule is CC(Oc1nc(-c2ccc(C(=O)NCCCN3CCCC3)cc2)cnc1N)c1c(Cl)cccc1Cl. The molecule has 1 aliphatic heterocycles. The van der Waals surface area contributed by atoms with E-state index in [0.717, 1.165) is 18.5 Å². The minimum atomic E-state index is -0.486. The third kappa shape index (κ3) is 6.42. The van der Waals surface area contributed by atoms with Crippen LogP contribution in [-0.2, 0) is 0 Å². The van der Waals surface area contributed by atoms with Crippen molar-refractivity contribution in [1.29, 1.82) is 0 Å². The highest BCUT2D eigenvalue weighted by Gasteiger charge is 2.18. The van der Waals surface area contributed by atoms with Crippen molar-refractivity contribution in [2.45, 2.75) is 32.3 Å². The van der Waals surface area contributed by atoms with E-state index in [4.69, 9.17) is 33.7 Å². The lowest BCUT2D eigenvalue weighted by molar-refractivity contribution is 0.0952. The molecule has 2 aromatic carbocycles. The predicted octanol–water partition coefficient (Wildman–Crippen LogP) is 5.39. The molecule has 0 bridgehead atoms. The molecule has 1 saturated heterocycles. The molecule has 1 atom stereocenters. The maximum atomic E-state index is 12.5. The van der Waals surface area contributed by atoms with E-state index in [1.807, 2.05) is 19.1 Å². The zero-order chi connectivity index (χ0) is 24.8. The van der Waals surface area contributed by atoms with E-state index in [1.54, 1.807) is 36.5 Å². The van der Waals surface area contributed by atoms with Crippen molar-refractivity contribution in [3.63, 3.8) is 0 Å². The summed E-state index contributed by atoms with van der Waals surface area (Å²) >= 11 is 12.6. The summed E-state index contributed by atoms with van der Waals surface area (Å²) in [6, 6.07) is 12.5. The van der Waals surface area contributed by atoms with E-state index in [9.17, 15) is 4.79 Å². The van der Waals surface area contributed by atoms with E-state index in [-0.39, 0.29) is 17.6 Å². The molecule has 0 saturated carbocycles. The second kappa shape index (κ2) is 11.7.